The Labute approximate surface area is 188 Å². The Bertz CT molecular complexity index is 1090. The van der Waals surface area contributed by atoms with E-state index in [1.807, 2.05) is 36.5 Å². The zero-order chi connectivity index (χ0) is 21.6. The number of nitrogens with one attached hydrogen (secondary N) is 1. The van der Waals surface area contributed by atoms with E-state index in [4.69, 9.17) is 23.8 Å². The van der Waals surface area contributed by atoms with Crippen molar-refractivity contribution < 1.29 is 0 Å². The number of nitrogens with zero attached hydrogens (tertiary/aromatic N) is 3. The third kappa shape index (κ3) is 3.40. The van der Waals surface area contributed by atoms with Crippen molar-refractivity contribution >= 4 is 28.9 Å². The summed E-state index contributed by atoms with van der Waals surface area (Å²) in [5.41, 5.74) is 7.06. The van der Waals surface area contributed by atoms with Gasteiger partial charge >= 0.3 is 0 Å². The van der Waals surface area contributed by atoms with E-state index < -0.39 is 0 Å². The van der Waals surface area contributed by atoms with Crippen molar-refractivity contribution in [2.24, 2.45) is 0 Å². The van der Waals surface area contributed by atoms with Gasteiger partial charge in [0.05, 0.1) is 17.8 Å². The van der Waals surface area contributed by atoms with Crippen molar-refractivity contribution in [2.75, 3.05) is 0 Å². The number of pyridine rings is 1. The van der Waals surface area contributed by atoms with Gasteiger partial charge in [0.1, 0.15) is 0 Å². The second-order valence-corrected chi connectivity index (χ2v) is 8.98. The van der Waals surface area contributed by atoms with Gasteiger partial charge < -0.3 is 14.8 Å². The van der Waals surface area contributed by atoms with Crippen LogP contribution < -0.4 is 5.32 Å². The van der Waals surface area contributed by atoms with Crippen molar-refractivity contribution in [2.45, 2.75) is 52.7 Å². The molecule has 0 spiro atoms. The fourth-order valence-electron chi connectivity index (χ4n) is 4.67. The average molecular weight is 439 g/mol. The summed E-state index contributed by atoms with van der Waals surface area (Å²) in [6.07, 6.45) is 1.84. The minimum absolute atomic E-state index is 0.00638. The lowest BCUT2D eigenvalue weighted by atomic mass is 9.93. The highest BCUT2D eigenvalue weighted by atomic mass is 35.5. The standard InChI is InChI=1S/C24H27ClN4S/c1-14(2)28-23(22(27-24(28)30)20-11-6-7-12-26-20)21-15(3)16(4)29(17(21)5)19-10-8-9-18(25)13-19/h6-14,22-23H,1-5H3,(H,27,30)/t22-,23-/m1/s1. The molecule has 2 atom stereocenters. The fraction of sp³-hybridized carbons (Fsp3) is 0.333. The van der Waals surface area contributed by atoms with Gasteiger partial charge in [-0.05, 0) is 82.7 Å². The Kier molecular flexibility index (Phi) is 5.60. The molecule has 1 N–H and O–H groups in total. The third-order valence-corrected chi connectivity index (χ3v) is 6.62. The van der Waals surface area contributed by atoms with E-state index in [2.05, 4.69) is 66.5 Å². The van der Waals surface area contributed by atoms with E-state index in [-0.39, 0.29) is 18.1 Å². The van der Waals surface area contributed by atoms with Crippen molar-refractivity contribution in [3.05, 3.63) is 81.9 Å². The molecule has 0 unspecified atom stereocenters. The van der Waals surface area contributed by atoms with Gasteiger partial charge in [0.25, 0.3) is 0 Å². The summed E-state index contributed by atoms with van der Waals surface area (Å²) in [4.78, 5) is 6.96. The summed E-state index contributed by atoms with van der Waals surface area (Å²) in [6, 6.07) is 14.4. The molecule has 0 saturated carbocycles. The lowest BCUT2D eigenvalue weighted by Crippen LogP contribution is -2.36. The molecule has 0 amide bonds. The zero-order valence-corrected chi connectivity index (χ0v) is 19.6. The van der Waals surface area contributed by atoms with Crippen LogP contribution in [0.15, 0.2) is 48.7 Å². The number of hydrogen-bond acceptors (Lipinski definition) is 2. The third-order valence-electron chi connectivity index (χ3n) is 6.06. The molecule has 4 rings (SSSR count). The maximum Gasteiger partial charge on any atom is 0.170 e. The van der Waals surface area contributed by atoms with Crippen molar-refractivity contribution in [1.82, 2.24) is 19.8 Å². The van der Waals surface area contributed by atoms with Crippen LogP contribution in [0.3, 0.4) is 0 Å². The van der Waals surface area contributed by atoms with Gasteiger partial charge in [0.2, 0.25) is 0 Å². The smallest absolute Gasteiger partial charge is 0.170 e. The van der Waals surface area contributed by atoms with Gasteiger partial charge in [-0.2, -0.15) is 0 Å². The van der Waals surface area contributed by atoms with E-state index in [0.29, 0.717) is 0 Å². The first-order valence-corrected chi connectivity index (χ1v) is 11.0. The van der Waals surface area contributed by atoms with Crippen molar-refractivity contribution in [1.29, 1.82) is 0 Å². The molecule has 1 saturated heterocycles. The number of benzene rings is 1. The number of thiocarbonyl (C=S) groups is 1. The minimum Gasteiger partial charge on any atom is -0.352 e. The van der Waals surface area contributed by atoms with Gasteiger partial charge in [-0.25, -0.2) is 0 Å². The molecule has 1 fully saturated rings. The van der Waals surface area contributed by atoms with Crippen molar-refractivity contribution in [3.63, 3.8) is 0 Å². The Morgan fingerprint density at radius 3 is 2.47 bits per heavy atom. The molecule has 0 aliphatic carbocycles. The molecule has 1 aromatic carbocycles. The summed E-state index contributed by atoms with van der Waals surface area (Å²) in [7, 11) is 0. The maximum atomic E-state index is 6.30. The van der Waals surface area contributed by atoms with Crippen LogP contribution in [-0.4, -0.2) is 25.6 Å². The van der Waals surface area contributed by atoms with E-state index in [1.165, 1.54) is 22.5 Å². The van der Waals surface area contributed by atoms with E-state index in [0.717, 1.165) is 21.5 Å². The molecule has 30 heavy (non-hydrogen) atoms. The van der Waals surface area contributed by atoms with Crippen LogP contribution in [0.5, 0.6) is 0 Å². The highest BCUT2D eigenvalue weighted by molar-refractivity contribution is 7.80. The predicted octanol–water partition coefficient (Wildman–Crippen LogP) is 5.83. The quantitative estimate of drug-likeness (QED) is 0.519. The average Bonchev–Trinajstić information content (AvgIpc) is 3.16. The number of aromatic nitrogens is 2. The number of halogens is 1. The van der Waals surface area contributed by atoms with Crippen LogP contribution >= 0.6 is 23.8 Å². The zero-order valence-electron chi connectivity index (χ0n) is 18.0. The van der Waals surface area contributed by atoms with E-state index in [9.17, 15) is 0 Å². The summed E-state index contributed by atoms with van der Waals surface area (Å²) >= 11 is 12.1. The van der Waals surface area contributed by atoms with Gasteiger partial charge in [0, 0.05) is 39.9 Å². The lowest BCUT2D eigenvalue weighted by molar-refractivity contribution is 0.268. The van der Waals surface area contributed by atoms with Crippen LogP contribution in [0.1, 0.15) is 54.1 Å². The molecule has 6 heteroatoms. The molecule has 2 aromatic heterocycles. The monoisotopic (exact) mass is 438 g/mol. The minimum atomic E-state index is -0.00638. The number of hydrogen-bond donors (Lipinski definition) is 1. The predicted molar refractivity (Wildman–Crippen MR) is 127 cm³/mol. The normalized spacial score (nSPS) is 18.9. The Morgan fingerprint density at radius 2 is 1.83 bits per heavy atom. The molecule has 1 aliphatic rings. The lowest BCUT2D eigenvalue weighted by Gasteiger charge is -2.32. The van der Waals surface area contributed by atoms with Gasteiger partial charge in [-0.15, -0.1) is 0 Å². The molecule has 3 heterocycles. The summed E-state index contributed by atoms with van der Waals surface area (Å²) < 4.78 is 2.30. The highest BCUT2D eigenvalue weighted by Crippen LogP contribution is 2.44. The van der Waals surface area contributed by atoms with Crippen LogP contribution in [0.25, 0.3) is 5.69 Å². The Hall–Kier alpha value is -2.37. The first-order chi connectivity index (χ1) is 14.3. The van der Waals surface area contributed by atoms with Gasteiger partial charge in [-0.1, -0.05) is 23.7 Å². The molecular weight excluding hydrogens is 412 g/mol. The second kappa shape index (κ2) is 8.05. The maximum absolute atomic E-state index is 6.30. The molecule has 1 aliphatic heterocycles. The van der Waals surface area contributed by atoms with E-state index >= 15 is 0 Å². The second-order valence-electron chi connectivity index (χ2n) is 8.15. The summed E-state index contributed by atoms with van der Waals surface area (Å²) in [5, 5.41) is 5.06. The van der Waals surface area contributed by atoms with E-state index in [1.54, 1.807) is 0 Å². The Morgan fingerprint density at radius 1 is 1.07 bits per heavy atom. The summed E-state index contributed by atoms with van der Waals surface area (Å²) in [5.74, 6) is 0. The largest absolute Gasteiger partial charge is 0.352 e. The van der Waals surface area contributed by atoms with Gasteiger partial charge in [0.15, 0.2) is 5.11 Å². The molecular formula is C24H27ClN4S. The topological polar surface area (TPSA) is 33.1 Å². The SMILES string of the molecule is Cc1c([C@@H]2[C@@H](c3ccccn3)NC(=S)N2C(C)C)c(C)n(-c2cccc(Cl)c2)c1C. The first kappa shape index (κ1) is 20.9. The van der Waals surface area contributed by atoms with Crippen LogP contribution in [0.4, 0.5) is 0 Å². The van der Waals surface area contributed by atoms with Crippen molar-refractivity contribution in [3.8, 4) is 5.69 Å². The Balaban J connectivity index is 1.92. The summed E-state index contributed by atoms with van der Waals surface area (Å²) in [6.45, 7) is 10.9. The molecule has 4 nitrogen and oxygen atoms in total. The molecule has 156 valence electrons. The number of rotatable bonds is 4. The molecule has 0 radical (unpaired) electrons. The van der Waals surface area contributed by atoms with Gasteiger partial charge in [-0.3, -0.25) is 4.98 Å². The van der Waals surface area contributed by atoms with Crippen LogP contribution in [0.2, 0.25) is 5.02 Å². The molecule has 3 aromatic rings. The first-order valence-electron chi connectivity index (χ1n) is 10.2. The van der Waals surface area contributed by atoms with Crippen LogP contribution in [-0.2, 0) is 0 Å². The fourth-order valence-corrected chi connectivity index (χ4v) is 5.31. The molecule has 0 bridgehead atoms. The highest BCUT2D eigenvalue weighted by Gasteiger charge is 2.43. The van der Waals surface area contributed by atoms with Crippen LogP contribution in [0, 0.1) is 20.8 Å².